The normalized spacial score (nSPS) is 11.5. The zero-order valence-corrected chi connectivity index (χ0v) is 18.7. The fourth-order valence-electron chi connectivity index (χ4n) is 2.30. The van der Waals surface area contributed by atoms with Crippen LogP contribution in [0.2, 0.25) is 0 Å². The van der Waals surface area contributed by atoms with Crippen LogP contribution in [-0.2, 0) is 6.18 Å². The molecule has 30 heavy (non-hydrogen) atoms. The Balaban J connectivity index is 0.00000450. The van der Waals surface area contributed by atoms with Gasteiger partial charge in [-0.3, -0.25) is 4.99 Å². The van der Waals surface area contributed by atoms with Crippen molar-refractivity contribution in [2.24, 2.45) is 4.99 Å². The van der Waals surface area contributed by atoms with Gasteiger partial charge in [-0.05, 0) is 18.2 Å². The second kappa shape index (κ2) is 12.3. The number of nitrogens with zero attached hydrogens (tertiary/aromatic N) is 4. The molecule has 0 fully saturated rings. The number of anilines is 1. The number of alkyl halides is 3. The molecule has 0 aliphatic rings. The van der Waals surface area contributed by atoms with Gasteiger partial charge in [0.2, 0.25) is 5.95 Å². The first-order valence-corrected chi connectivity index (χ1v) is 8.74. The van der Waals surface area contributed by atoms with Crippen molar-refractivity contribution in [1.29, 1.82) is 0 Å². The van der Waals surface area contributed by atoms with E-state index in [9.17, 15) is 17.6 Å². The summed E-state index contributed by atoms with van der Waals surface area (Å²) in [5.41, 5.74) is -1.01. The number of benzene rings is 1. The van der Waals surface area contributed by atoms with Gasteiger partial charge in [0.05, 0.1) is 6.54 Å². The Morgan fingerprint density at radius 2 is 1.93 bits per heavy atom. The highest BCUT2D eigenvalue weighted by Gasteiger charge is 2.32. The molecule has 1 aromatic heterocycles. The third-order valence-corrected chi connectivity index (χ3v) is 3.73. The third-order valence-electron chi connectivity index (χ3n) is 3.73. The van der Waals surface area contributed by atoms with Crippen molar-refractivity contribution in [3.8, 4) is 5.75 Å². The molecule has 0 saturated carbocycles. The van der Waals surface area contributed by atoms with Crippen LogP contribution < -0.4 is 15.4 Å². The lowest BCUT2D eigenvalue weighted by Gasteiger charge is -2.22. The summed E-state index contributed by atoms with van der Waals surface area (Å²) in [5.74, 6) is 0.187. The average Bonchev–Trinajstić information content (AvgIpc) is 2.69. The maximum absolute atomic E-state index is 13.5. The van der Waals surface area contributed by atoms with Crippen molar-refractivity contribution in [2.75, 3.05) is 45.7 Å². The molecule has 2 rings (SSSR count). The van der Waals surface area contributed by atoms with Crippen LogP contribution in [0.3, 0.4) is 0 Å². The Kier molecular flexibility index (Phi) is 10.6. The van der Waals surface area contributed by atoms with Gasteiger partial charge in [-0.1, -0.05) is 12.1 Å². The number of aliphatic imine (C=N–C) groups is 1. The molecule has 0 unspecified atom stereocenters. The lowest BCUT2D eigenvalue weighted by Crippen LogP contribution is -2.42. The van der Waals surface area contributed by atoms with Crippen LogP contribution in [0.4, 0.5) is 23.5 Å². The zero-order chi connectivity index (χ0) is 21.3. The van der Waals surface area contributed by atoms with E-state index in [1.165, 1.54) is 6.07 Å². The van der Waals surface area contributed by atoms with Crippen LogP contribution in [0.5, 0.6) is 5.75 Å². The maximum Gasteiger partial charge on any atom is 0.433 e. The highest BCUT2D eigenvalue weighted by atomic mass is 127. The number of ether oxygens (including phenoxy) is 1. The van der Waals surface area contributed by atoms with Crippen LogP contribution >= 0.6 is 24.0 Å². The predicted molar refractivity (Wildman–Crippen MR) is 117 cm³/mol. The summed E-state index contributed by atoms with van der Waals surface area (Å²) >= 11 is 0. The van der Waals surface area contributed by atoms with Crippen LogP contribution in [-0.4, -0.2) is 61.2 Å². The maximum atomic E-state index is 13.5. The molecule has 0 saturated heterocycles. The molecular formula is C18H23F4IN6O. The van der Waals surface area contributed by atoms with E-state index in [2.05, 4.69) is 25.6 Å². The van der Waals surface area contributed by atoms with Crippen molar-refractivity contribution in [3.05, 3.63) is 48.0 Å². The van der Waals surface area contributed by atoms with E-state index in [1.807, 2.05) is 0 Å². The van der Waals surface area contributed by atoms with Gasteiger partial charge >= 0.3 is 6.18 Å². The van der Waals surface area contributed by atoms with Gasteiger partial charge in [-0.15, -0.1) is 24.0 Å². The molecule has 0 bridgehead atoms. The van der Waals surface area contributed by atoms with E-state index in [4.69, 9.17) is 4.74 Å². The number of rotatable bonds is 8. The van der Waals surface area contributed by atoms with Crippen molar-refractivity contribution in [1.82, 2.24) is 20.2 Å². The predicted octanol–water partition coefficient (Wildman–Crippen LogP) is 3.25. The summed E-state index contributed by atoms with van der Waals surface area (Å²) in [6.45, 7) is 1.33. The number of aromatic nitrogens is 2. The summed E-state index contributed by atoms with van der Waals surface area (Å²) in [6, 6.07) is 6.94. The van der Waals surface area contributed by atoms with Crippen molar-refractivity contribution in [2.45, 2.75) is 6.18 Å². The summed E-state index contributed by atoms with van der Waals surface area (Å²) in [4.78, 5) is 13.1. The van der Waals surface area contributed by atoms with Gasteiger partial charge in [0.15, 0.2) is 17.5 Å². The Morgan fingerprint density at radius 1 is 1.20 bits per heavy atom. The molecule has 2 N–H and O–H groups in total. The zero-order valence-electron chi connectivity index (χ0n) is 16.4. The molecule has 0 aliphatic heterocycles. The fraction of sp³-hybridized carbons (Fsp3) is 0.389. The van der Waals surface area contributed by atoms with Crippen LogP contribution in [0.1, 0.15) is 5.69 Å². The molecule has 1 heterocycles. The van der Waals surface area contributed by atoms with Gasteiger partial charge in [-0.2, -0.15) is 13.2 Å². The van der Waals surface area contributed by atoms with E-state index in [1.54, 1.807) is 37.2 Å². The van der Waals surface area contributed by atoms with Gasteiger partial charge in [0, 0.05) is 33.4 Å². The number of hydrogen-bond acceptors (Lipinski definition) is 5. The first kappa shape index (κ1) is 25.7. The van der Waals surface area contributed by atoms with Gasteiger partial charge in [0.1, 0.15) is 12.3 Å². The van der Waals surface area contributed by atoms with Gasteiger partial charge in [0.25, 0.3) is 0 Å². The summed E-state index contributed by atoms with van der Waals surface area (Å²) in [6.07, 6.45) is -3.47. The number of guanidine groups is 1. The second-order valence-electron chi connectivity index (χ2n) is 5.86. The first-order chi connectivity index (χ1) is 13.8. The minimum absolute atomic E-state index is 0. The highest BCUT2D eigenvalue weighted by Crippen LogP contribution is 2.27. The minimum Gasteiger partial charge on any atom is -0.489 e. The largest absolute Gasteiger partial charge is 0.489 e. The van der Waals surface area contributed by atoms with E-state index < -0.39 is 17.7 Å². The quantitative estimate of drug-likeness (QED) is 0.176. The lowest BCUT2D eigenvalue weighted by molar-refractivity contribution is -0.141. The first-order valence-electron chi connectivity index (χ1n) is 8.74. The molecule has 1 aromatic carbocycles. The van der Waals surface area contributed by atoms with E-state index in [-0.39, 0.29) is 48.8 Å². The third kappa shape index (κ3) is 8.16. The standard InChI is InChI=1S/C18H22F4N6O.HI/c1-23-17(28(2)11-12-29-14-6-4-3-5-13(14)19)26-10-9-25-16-24-8-7-15(27-16)18(20,21)22;/h3-8H,9-12H2,1-2H3,(H,23,26)(H,24,25,27);1H. The highest BCUT2D eigenvalue weighted by molar-refractivity contribution is 14.0. The van der Waals surface area contributed by atoms with Crippen molar-refractivity contribution in [3.63, 3.8) is 0 Å². The van der Waals surface area contributed by atoms with Crippen LogP contribution in [0.25, 0.3) is 0 Å². The summed E-state index contributed by atoms with van der Waals surface area (Å²) < 4.78 is 56.9. The molecule has 12 heteroatoms. The van der Waals surface area contributed by atoms with E-state index in [0.717, 1.165) is 12.3 Å². The molecule has 0 radical (unpaired) electrons. The fourth-order valence-corrected chi connectivity index (χ4v) is 2.30. The number of nitrogens with one attached hydrogen (secondary N) is 2. The topological polar surface area (TPSA) is 74.7 Å². The van der Waals surface area contributed by atoms with Crippen LogP contribution in [0.15, 0.2) is 41.5 Å². The van der Waals surface area contributed by atoms with Crippen molar-refractivity contribution >= 4 is 35.9 Å². The second-order valence-corrected chi connectivity index (χ2v) is 5.86. The molecular weight excluding hydrogens is 519 g/mol. The smallest absolute Gasteiger partial charge is 0.433 e. The van der Waals surface area contributed by atoms with Crippen LogP contribution in [0, 0.1) is 5.82 Å². The minimum atomic E-state index is -4.52. The lowest BCUT2D eigenvalue weighted by atomic mass is 10.3. The van der Waals surface area contributed by atoms with Crippen molar-refractivity contribution < 1.29 is 22.3 Å². The Bertz CT molecular complexity index is 821. The summed E-state index contributed by atoms with van der Waals surface area (Å²) in [7, 11) is 3.38. The molecule has 0 spiro atoms. The Hall–Kier alpha value is -2.38. The average molecular weight is 542 g/mol. The Labute approximate surface area is 189 Å². The molecule has 7 nitrogen and oxygen atoms in total. The van der Waals surface area contributed by atoms with Gasteiger partial charge in [-0.25, -0.2) is 14.4 Å². The molecule has 0 atom stereocenters. The molecule has 0 amide bonds. The summed E-state index contributed by atoms with van der Waals surface area (Å²) in [5, 5.41) is 5.77. The molecule has 2 aromatic rings. The Morgan fingerprint density at radius 3 is 2.60 bits per heavy atom. The number of halogens is 5. The monoisotopic (exact) mass is 542 g/mol. The van der Waals surface area contributed by atoms with E-state index >= 15 is 0 Å². The number of hydrogen-bond donors (Lipinski definition) is 2. The SMILES string of the molecule is CN=C(NCCNc1nccc(C(F)(F)F)n1)N(C)CCOc1ccccc1F.I. The molecule has 0 aliphatic carbocycles. The number of para-hydroxylation sites is 1. The van der Waals surface area contributed by atoms with Gasteiger partial charge < -0.3 is 20.3 Å². The number of likely N-dealkylation sites (N-methyl/N-ethyl adjacent to an activating group) is 1. The van der Waals surface area contributed by atoms with E-state index in [0.29, 0.717) is 19.0 Å². The molecule has 166 valence electrons.